The number of hydrogen-bond acceptors (Lipinski definition) is 3. The highest BCUT2D eigenvalue weighted by Gasteiger charge is 2.14. The number of nitrogens with two attached hydrogens (primary N) is 1. The van der Waals surface area contributed by atoms with Crippen molar-refractivity contribution in [2.45, 2.75) is 13.5 Å². The summed E-state index contributed by atoms with van der Waals surface area (Å²) in [6, 6.07) is 6.40. The molecule has 3 N–H and O–H groups in total. The summed E-state index contributed by atoms with van der Waals surface area (Å²) < 4.78 is 0. The summed E-state index contributed by atoms with van der Waals surface area (Å²) in [5, 5.41) is 3.40. The Morgan fingerprint density at radius 2 is 2.36 bits per heavy atom. The lowest BCUT2D eigenvalue weighted by Gasteiger charge is -2.31. The van der Waals surface area contributed by atoms with Crippen LogP contribution in [0.3, 0.4) is 0 Å². The Balaban J connectivity index is 2.38. The Morgan fingerprint density at radius 3 is 3.07 bits per heavy atom. The molecule has 0 amide bonds. The van der Waals surface area contributed by atoms with Crippen molar-refractivity contribution in [1.29, 1.82) is 0 Å². The van der Waals surface area contributed by atoms with Gasteiger partial charge in [0.15, 0.2) is 0 Å². The Kier molecular flexibility index (Phi) is 2.59. The van der Waals surface area contributed by atoms with Crippen molar-refractivity contribution >= 4 is 11.4 Å². The second-order valence-corrected chi connectivity index (χ2v) is 3.56. The number of benzene rings is 1. The van der Waals surface area contributed by atoms with Crippen LogP contribution in [0.2, 0.25) is 0 Å². The molecule has 0 unspecified atom stereocenters. The number of likely N-dealkylation sites (N-methyl/N-ethyl adjacent to an activating group) is 1. The van der Waals surface area contributed by atoms with Gasteiger partial charge in [-0.3, -0.25) is 0 Å². The van der Waals surface area contributed by atoms with E-state index in [1.54, 1.807) is 0 Å². The van der Waals surface area contributed by atoms with E-state index in [0.717, 1.165) is 19.6 Å². The van der Waals surface area contributed by atoms with Crippen molar-refractivity contribution in [2.24, 2.45) is 5.73 Å². The molecule has 3 heteroatoms. The predicted molar refractivity (Wildman–Crippen MR) is 60.7 cm³/mol. The fraction of sp³-hybridized carbons (Fsp3) is 0.455. The molecule has 0 saturated heterocycles. The van der Waals surface area contributed by atoms with Gasteiger partial charge in [0, 0.05) is 26.2 Å². The Bertz CT molecular complexity index is 322. The molecule has 0 bridgehead atoms. The quantitative estimate of drug-likeness (QED) is 0.742. The van der Waals surface area contributed by atoms with Crippen LogP contribution in [0.25, 0.3) is 0 Å². The molecule has 3 nitrogen and oxygen atoms in total. The van der Waals surface area contributed by atoms with E-state index in [2.05, 4.69) is 35.3 Å². The van der Waals surface area contributed by atoms with Gasteiger partial charge < -0.3 is 16.0 Å². The van der Waals surface area contributed by atoms with Gasteiger partial charge in [0.05, 0.1) is 11.4 Å². The molecule has 1 aliphatic rings. The molecular formula is C11H17N3. The molecule has 14 heavy (non-hydrogen) atoms. The zero-order chi connectivity index (χ0) is 9.97. The third-order valence-corrected chi connectivity index (χ3v) is 2.72. The molecule has 1 aromatic carbocycles. The van der Waals surface area contributed by atoms with Gasteiger partial charge in [-0.25, -0.2) is 0 Å². The maximum absolute atomic E-state index is 5.63. The monoisotopic (exact) mass is 191 g/mol. The standard InChI is InChI=1S/C11H17N3/c1-2-14-6-5-13-10-4-3-9(8-12)7-11(10)14/h3-4,7,13H,2,5-6,8,12H2,1H3. The van der Waals surface area contributed by atoms with Crippen LogP contribution < -0.4 is 16.0 Å². The van der Waals surface area contributed by atoms with Crippen LogP contribution >= 0.6 is 0 Å². The lowest BCUT2D eigenvalue weighted by Crippen LogP contribution is -2.33. The van der Waals surface area contributed by atoms with Crippen molar-refractivity contribution in [2.75, 3.05) is 29.9 Å². The normalized spacial score (nSPS) is 14.9. The molecule has 2 rings (SSSR count). The van der Waals surface area contributed by atoms with Gasteiger partial charge in [-0.15, -0.1) is 0 Å². The largest absolute Gasteiger partial charge is 0.382 e. The summed E-state index contributed by atoms with van der Waals surface area (Å²) in [7, 11) is 0. The SMILES string of the molecule is CCN1CCNc2ccc(CN)cc21. The highest BCUT2D eigenvalue weighted by Crippen LogP contribution is 2.29. The second kappa shape index (κ2) is 3.88. The number of nitrogens with zero attached hydrogens (tertiary/aromatic N) is 1. The molecule has 76 valence electrons. The first-order valence-corrected chi connectivity index (χ1v) is 5.17. The van der Waals surface area contributed by atoms with E-state index in [0.29, 0.717) is 6.54 Å². The van der Waals surface area contributed by atoms with Gasteiger partial charge in [-0.05, 0) is 24.6 Å². The molecule has 0 spiro atoms. The van der Waals surface area contributed by atoms with Crippen LogP contribution in [-0.4, -0.2) is 19.6 Å². The summed E-state index contributed by atoms with van der Waals surface area (Å²) in [5.74, 6) is 0. The first-order valence-electron chi connectivity index (χ1n) is 5.17. The Morgan fingerprint density at radius 1 is 1.50 bits per heavy atom. The van der Waals surface area contributed by atoms with Gasteiger partial charge in [0.1, 0.15) is 0 Å². The third kappa shape index (κ3) is 1.55. The van der Waals surface area contributed by atoms with Crippen LogP contribution in [0.15, 0.2) is 18.2 Å². The zero-order valence-electron chi connectivity index (χ0n) is 8.59. The molecule has 0 aliphatic carbocycles. The highest BCUT2D eigenvalue weighted by molar-refractivity contribution is 5.72. The molecule has 1 aromatic rings. The third-order valence-electron chi connectivity index (χ3n) is 2.72. The van der Waals surface area contributed by atoms with E-state index in [1.807, 2.05) is 0 Å². The Hall–Kier alpha value is -1.22. The maximum atomic E-state index is 5.63. The zero-order valence-corrected chi connectivity index (χ0v) is 8.59. The van der Waals surface area contributed by atoms with E-state index in [1.165, 1.54) is 16.9 Å². The van der Waals surface area contributed by atoms with Gasteiger partial charge in [-0.2, -0.15) is 0 Å². The van der Waals surface area contributed by atoms with E-state index in [9.17, 15) is 0 Å². The topological polar surface area (TPSA) is 41.3 Å². The second-order valence-electron chi connectivity index (χ2n) is 3.56. The predicted octanol–water partition coefficient (Wildman–Crippen LogP) is 1.40. The van der Waals surface area contributed by atoms with Crippen LogP contribution in [-0.2, 0) is 6.54 Å². The summed E-state index contributed by atoms with van der Waals surface area (Å²) in [6.45, 7) is 5.97. The van der Waals surface area contributed by atoms with E-state index < -0.39 is 0 Å². The molecule has 0 aromatic heterocycles. The van der Waals surface area contributed by atoms with E-state index in [-0.39, 0.29) is 0 Å². The van der Waals surface area contributed by atoms with Crippen LogP contribution in [0.1, 0.15) is 12.5 Å². The Labute approximate surface area is 84.9 Å². The number of nitrogens with one attached hydrogen (secondary N) is 1. The molecule has 0 fully saturated rings. The lowest BCUT2D eigenvalue weighted by atomic mass is 10.1. The van der Waals surface area contributed by atoms with Gasteiger partial charge in [0.2, 0.25) is 0 Å². The van der Waals surface area contributed by atoms with Crippen molar-refractivity contribution in [1.82, 2.24) is 0 Å². The fourth-order valence-corrected chi connectivity index (χ4v) is 1.89. The van der Waals surface area contributed by atoms with Gasteiger partial charge in [-0.1, -0.05) is 6.07 Å². The number of anilines is 2. The van der Waals surface area contributed by atoms with Crippen molar-refractivity contribution < 1.29 is 0 Å². The van der Waals surface area contributed by atoms with Crippen LogP contribution in [0.4, 0.5) is 11.4 Å². The molecular weight excluding hydrogens is 174 g/mol. The number of hydrogen-bond donors (Lipinski definition) is 2. The fourth-order valence-electron chi connectivity index (χ4n) is 1.89. The number of rotatable bonds is 2. The minimum atomic E-state index is 0.616. The smallest absolute Gasteiger partial charge is 0.0605 e. The highest BCUT2D eigenvalue weighted by atomic mass is 15.2. The molecule has 0 atom stereocenters. The summed E-state index contributed by atoms with van der Waals surface area (Å²) >= 11 is 0. The van der Waals surface area contributed by atoms with Gasteiger partial charge in [0.25, 0.3) is 0 Å². The van der Waals surface area contributed by atoms with Gasteiger partial charge >= 0.3 is 0 Å². The van der Waals surface area contributed by atoms with E-state index >= 15 is 0 Å². The molecule has 0 saturated carbocycles. The maximum Gasteiger partial charge on any atom is 0.0605 e. The first-order chi connectivity index (χ1) is 6.85. The average Bonchev–Trinajstić information content (AvgIpc) is 2.27. The molecule has 0 radical (unpaired) electrons. The van der Waals surface area contributed by atoms with Crippen LogP contribution in [0.5, 0.6) is 0 Å². The molecule has 1 aliphatic heterocycles. The lowest BCUT2D eigenvalue weighted by molar-refractivity contribution is 0.813. The van der Waals surface area contributed by atoms with E-state index in [4.69, 9.17) is 5.73 Å². The summed E-state index contributed by atoms with van der Waals surface area (Å²) in [4.78, 5) is 2.38. The van der Waals surface area contributed by atoms with Crippen molar-refractivity contribution in [3.63, 3.8) is 0 Å². The van der Waals surface area contributed by atoms with Crippen LogP contribution in [0, 0.1) is 0 Å². The average molecular weight is 191 g/mol. The van der Waals surface area contributed by atoms with Crippen molar-refractivity contribution in [3.05, 3.63) is 23.8 Å². The minimum absolute atomic E-state index is 0.616. The summed E-state index contributed by atoms with van der Waals surface area (Å²) in [5.41, 5.74) is 9.36. The summed E-state index contributed by atoms with van der Waals surface area (Å²) in [6.07, 6.45) is 0. The number of fused-ring (bicyclic) bond motifs is 1. The first kappa shape index (κ1) is 9.34. The minimum Gasteiger partial charge on any atom is -0.382 e. The van der Waals surface area contributed by atoms with Crippen molar-refractivity contribution in [3.8, 4) is 0 Å². The molecule has 1 heterocycles.